The molecule has 1 saturated heterocycles. The molecule has 1 aromatic heterocycles. The number of hydrogen-bond donors (Lipinski definition) is 1. The van der Waals surface area contributed by atoms with Gasteiger partial charge in [0.05, 0.1) is 10.9 Å². The van der Waals surface area contributed by atoms with Crippen molar-refractivity contribution in [3.63, 3.8) is 0 Å². The van der Waals surface area contributed by atoms with Crippen molar-refractivity contribution in [2.75, 3.05) is 32.8 Å². The summed E-state index contributed by atoms with van der Waals surface area (Å²) in [4.78, 5) is 28.1. The molecule has 8 heteroatoms. The summed E-state index contributed by atoms with van der Waals surface area (Å²) in [5, 5.41) is 7.61. The van der Waals surface area contributed by atoms with Gasteiger partial charge in [0.1, 0.15) is 19.3 Å². The van der Waals surface area contributed by atoms with Crippen molar-refractivity contribution >= 4 is 27.3 Å². The molecular weight excluding hydrogens is 426 g/mol. The molecule has 2 aliphatic heterocycles. The molecule has 166 valence electrons. The van der Waals surface area contributed by atoms with Crippen LogP contribution in [-0.2, 0) is 0 Å². The molecular formula is C24H25N3O4S. The van der Waals surface area contributed by atoms with Crippen molar-refractivity contribution < 1.29 is 14.3 Å². The van der Waals surface area contributed by atoms with Gasteiger partial charge in [-0.1, -0.05) is 29.4 Å². The zero-order chi connectivity index (χ0) is 21.9. The fraction of sp³-hybridized carbons (Fsp3) is 0.375. The van der Waals surface area contributed by atoms with Gasteiger partial charge in [-0.05, 0) is 61.1 Å². The number of nitroso groups, excluding NO2 is 1. The predicted molar refractivity (Wildman–Crippen MR) is 125 cm³/mol. The molecule has 1 unspecified atom stereocenters. The van der Waals surface area contributed by atoms with E-state index >= 15 is 0 Å². The van der Waals surface area contributed by atoms with Crippen molar-refractivity contribution in [2.45, 2.75) is 24.9 Å². The number of thiophene rings is 1. The second-order valence-electron chi connectivity index (χ2n) is 8.19. The molecule has 1 N–H and O–H groups in total. The van der Waals surface area contributed by atoms with Crippen molar-refractivity contribution in [2.24, 2.45) is 5.18 Å². The number of likely N-dealkylation sites (tertiary alicyclic amines) is 1. The third kappa shape index (κ3) is 4.33. The van der Waals surface area contributed by atoms with Crippen LogP contribution in [0.2, 0.25) is 0 Å². The fourth-order valence-electron chi connectivity index (χ4n) is 4.41. The van der Waals surface area contributed by atoms with Gasteiger partial charge in [0.2, 0.25) is 0 Å². The van der Waals surface area contributed by atoms with Crippen LogP contribution in [0.25, 0.3) is 10.1 Å². The van der Waals surface area contributed by atoms with Gasteiger partial charge in [0.25, 0.3) is 5.91 Å². The number of amides is 1. The van der Waals surface area contributed by atoms with Gasteiger partial charge in [0, 0.05) is 11.2 Å². The van der Waals surface area contributed by atoms with E-state index in [2.05, 4.69) is 15.4 Å². The van der Waals surface area contributed by atoms with Gasteiger partial charge >= 0.3 is 0 Å². The molecule has 3 aromatic rings. The zero-order valence-electron chi connectivity index (χ0n) is 17.7. The Morgan fingerprint density at radius 2 is 1.84 bits per heavy atom. The Kier molecular flexibility index (Phi) is 6.05. The first-order valence-corrected chi connectivity index (χ1v) is 11.8. The van der Waals surface area contributed by atoms with Crippen LogP contribution in [0.1, 0.15) is 34.1 Å². The molecule has 7 nitrogen and oxygen atoms in total. The molecule has 1 fully saturated rings. The first-order chi connectivity index (χ1) is 15.7. The lowest BCUT2D eigenvalue weighted by molar-refractivity contribution is 0.0923. The monoisotopic (exact) mass is 451 g/mol. The minimum absolute atomic E-state index is 0.179. The summed E-state index contributed by atoms with van der Waals surface area (Å²) in [6.45, 7) is 3.46. The number of carbonyl (C=O) groups excluding carboxylic acids is 1. The summed E-state index contributed by atoms with van der Waals surface area (Å²) in [5.74, 6) is 1.09. The molecule has 5 rings (SSSR count). The van der Waals surface area contributed by atoms with Gasteiger partial charge in [-0.3, -0.25) is 4.79 Å². The van der Waals surface area contributed by atoms with Crippen LogP contribution in [0.4, 0.5) is 0 Å². The highest BCUT2D eigenvalue weighted by atomic mass is 32.1. The Hall–Kier alpha value is -2.97. The van der Waals surface area contributed by atoms with Crippen molar-refractivity contribution in [1.82, 2.24) is 10.2 Å². The van der Waals surface area contributed by atoms with E-state index in [1.54, 1.807) is 0 Å². The van der Waals surface area contributed by atoms with E-state index in [1.807, 2.05) is 48.5 Å². The smallest absolute Gasteiger partial charge is 0.261 e. The van der Waals surface area contributed by atoms with Crippen LogP contribution in [0.15, 0.2) is 53.7 Å². The van der Waals surface area contributed by atoms with E-state index in [1.165, 1.54) is 11.3 Å². The number of ether oxygens (including phenoxy) is 2. The summed E-state index contributed by atoms with van der Waals surface area (Å²) >= 11 is 1.45. The first kappa shape index (κ1) is 20.9. The van der Waals surface area contributed by atoms with E-state index in [0.29, 0.717) is 41.7 Å². The van der Waals surface area contributed by atoms with Crippen LogP contribution < -0.4 is 14.8 Å². The third-order valence-corrected chi connectivity index (χ3v) is 7.14. The van der Waals surface area contributed by atoms with Gasteiger partial charge in [-0.15, -0.1) is 11.3 Å². The zero-order valence-corrected chi connectivity index (χ0v) is 18.5. The summed E-state index contributed by atoms with van der Waals surface area (Å²) in [7, 11) is 0. The standard InChI is InChI=1S/C24H25N3O4S/c28-24(22-14-16-5-1-2-6-21(16)32-22)25-18(15-27-9-3-4-10-27)23(26-29)17-7-8-19-20(13-17)31-12-11-30-19/h1-2,5-8,13-14,18,23H,3-4,9-12,15H2,(H,25,28)/t18?,23-/m1/s1. The van der Waals surface area contributed by atoms with E-state index < -0.39 is 12.1 Å². The Morgan fingerprint density at radius 1 is 1.06 bits per heavy atom. The van der Waals surface area contributed by atoms with E-state index in [9.17, 15) is 9.70 Å². The first-order valence-electron chi connectivity index (χ1n) is 10.9. The summed E-state index contributed by atoms with van der Waals surface area (Å²) in [6, 6.07) is 14.1. The van der Waals surface area contributed by atoms with E-state index in [0.717, 1.165) is 36.0 Å². The minimum atomic E-state index is -0.732. The summed E-state index contributed by atoms with van der Waals surface area (Å²) in [6.07, 6.45) is 2.25. The van der Waals surface area contributed by atoms with Crippen LogP contribution in [-0.4, -0.2) is 49.7 Å². The van der Waals surface area contributed by atoms with Gasteiger partial charge in [-0.25, -0.2) is 0 Å². The molecule has 2 aromatic carbocycles. The van der Waals surface area contributed by atoms with Gasteiger partial charge in [0.15, 0.2) is 11.5 Å². The van der Waals surface area contributed by atoms with Crippen molar-refractivity contribution in [3.05, 3.63) is 63.9 Å². The number of nitrogens with zero attached hydrogens (tertiary/aromatic N) is 2. The molecule has 0 aliphatic carbocycles. The normalized spacial score (nSPS) is 17.8. The Bertz CT molecular complexity index is 1090. The predicted octanol–water partition coefficient (Wildman–Crippen LogP) is 4.37. The largest absolute Gasteiger partial charge is 0.486 e. The Labute approximate surface area is 190 Å². The van der Waals surface area contributed by atoms with Crippen LogP contribution in [0.5, 0.6) is 11.5 Å². The average molecular weight is 452 g/mol. The highest BCUT2D eigenvalue weighted by Gasteiger charge is 2.31. The third-order valence-electron chi connectivity index (χ3n) is 6.02. The second kappa shape index (κ2) is 9.26. The molecule has 0 bridgehead atoms. The van der Waals surface area contributed by atoms with Gasteiger partial charge < -0.3 is 19.7 Å². The van der Waals surface area contributed by atoms with Crippen LogP contribution in [0, 0.1) is 4.91 Å². The van der Waals surface area contributed by atoms with Crippen LogP contribution >= 0.6 is 11.3 Å². The van der Waals surface area contributed by atoms with Gasteiger partial charge in [-0.2, -0.15) is 4.91 Å². The number of carbonyl (C=O) groups is 1. The number of hydrogen-bond acceptors (Lipinski definition) is 7. The maximum Gasteiger partial charge on any atom is 0.261 e. The van der Waals surface area contributed by atoms with Crippen LogP contribution in [0.3, 0.4) is 0 Å². The molecule has 2 atom stereocenters. The maximum atomic E-state index is 13.2. The molecule has 32 heavy (non-hydrogen) atoms. The number of rotatable bonds is 7. The quantitative estimate of drug-likeness (QED) is 0.540. The molecule has 0 spiro atoms. The molecule has 3 heterocycles. The SMILES string of the molecule is O=N[C@H](c1ccc2c(c1)OCCO2)C(CN1CCCC1)NC(=O)c1cc2ccccc2s1. The topological polar surface area (TPSA) is 80.2 Å². The molecule has 2 aliphatic rings. The Morgan fingerprint density at radius 3 is 2.62 bits per heavy atom. The minimum Gasteiger partial charge on any atom is -0.486 e. The fourth-order valence-corrected chi connectivity index (χ4v) is 5.38. The average Bonchev–Trinajstić information content (AvgIpc) is 3.49. The van der Waals surface area contributed by atoms with Crippen molar-refractivity contribution in [3.8, 4) is 11.5 Å². The highest BCUT2D eigenvalue weighted by molar-refractivity contribution is 7.20. The Balaban J connectivity index is 1.42. The summed E-state index contributed by atoms with van der Waals surface area (Å²) in [5.41, 5.74) is 0.713. The molecule has 1 amide bonds. The van der Waals surface area contributed by atoms with E-state index in [4.69, 9.17) is 9.47 Å². The lowest BCUT2D eigenvalue weighted by Crippen LogP contribution is -2.46. The van der Waals surface area contributed by atoms with E-state index in [-0.39, 0.29) is 5.91 Å². The molecule has 0 saturated carbocycles. The highest BCUT2D eigenvalue weighted by Crippen LogP contribution is 2.35. The maximum absolute atomic E-state index is 13.2. The van der Waals surface area contributed by atoms with Crippen molar-refractivity contribution in [1.29, 1.82) is 0 Å². The number of fused-ring (bicyclic) bond motifs is 2. The lowest BCUT2D eigenvalue weighted by atomic mass is 9.98. The lowest BCUT2D eigenvalue weighted by Gasteiger charge is -2.28. The number of benzene rings is 2. The molecule has 0 radical (unpaired) electrons. The number of nitrogens with one attached hydrogen (secondary N) is 1. The summed E-state index contributed by atoms with van der Waals surface area (Å²) < 4.78 is 12.4. The second-order valence-corrected chi connectivity index (χ2v) is 9.27.